The van der Waals surface area contributed by atoms with Crippen LogP contribution in [0, 0.1) is 5.41 Å². The second-order valence-electron chi connectivity index (χ2n) is 6.64. The third-order valence-corrected chi connectivity index (χ3v) is 5.52. The highest BCUT2D eigenvalue weighted by Gasteiger charge is 2.33. The number of hydrogen-bond acceptors (Lipinski definition) is 1. The molecule has 0 unspecified atom stereocenters. The van der Waals surface area contributed by atoms with Crippen molar-refractivity contribution < 1.29 is 4.79 Å². The molecule has 0 N–H and O–H groups in total. The van der Waals surface area contributed by atoms with E-state index in [1.54, 1.807) is 0 Å². The Labute approximate surface area is 129 Å². The van der Waals surface area contributed by atoms with Gasteiger partial charge in [0.25, 0.3) is 5.91 Å². The van der Waals surface area contributed by atoms with Gasteiger partial charge in [-0.1, -0.05) is 20.3 Å². The predicted octanol–water partition coefficient (Wildman–Crippen LogP) is 4.24. The van der Waals surface area contributed by atoms with Crippen LogP contribution in [0.5, 0.6) is 0 Å². The zero-order chi connectivity index (χ0) is 14.3. The average Bonchev–Trinajstić information content (AvgIpc) is 3.22. The second-order valence-corrected chi connectivity index (χ2v) is 7.55. The van der Waals surface area contributed by atoms with Gasteiger partial charge < -0.3 is 9.47 Å². The van der Waals surface area contributed by atoms with Crippen LogP contribution < -0.4 is 0 Å². The molecule has 1 saturated heterocycles. The number of rotatable bonds is 3. The highest BCUT2D eigenvalue weighted by molar-refractivity contribution is 9.10. The Bertz CT molecular complexity index is 511. The van der Waals surface area contributed by atoms with Crippen LogP contribution in [-0.2, 0) is 0 Å². The van der Waals surface area contributed by atoms with Crippen molar-refractivity contribution in [2.45, 2.75) is 52.0 Å². The van der Waals surface area contributed by atoms with Crippen LogP contribution in [0.25, 0.3) is 0 Å². The van der Waals surface area contributed by atoms with Gasteiger partial charge in [0.15, 0.2) is 0 Å². The number of halogens is 1. The molecule has 1 saturated carbocycles. The summed E-state index contributed by atoms with van der Waals surface area (Å²) in [7, 11) is 0. The molecule has 1 aromatic rings. The van der Waals surface area contributed by atoms with Crippen LogP contribution >= 0.6 is 15.9 Å². The molecular formula is C16H23BrN2O. The average molecular weight is 339 g/mol. The van der Waals surface area contributed by atoms with E-state index in [0.717, 1.165) is 36.1 Å². The molecule has 2 aliphatic rings. The summed E-state index contributed by atoms with van der Waals surface area (Å²) in [6.45, 7) is 6.40. The number of hydrogen-bond donors (Lipinski definition) is 0. The van der Waals surface area contributed by atoms with Crippen molar-refractivity contribution in [1.29, 1.82) is 0 Å². The minimum atomic E-state index is 0.209. The van der Waals surface area contributed by atoms with Crippen LogP contribution in [-0.4, -0.2) is 28.5 Å². The number of carbonyl (C=O) groups is 1. The maximum absolute atomic E-state index is 12.7. The monoisotopic (exact) mass is 338 g/mol. The molecule has 2 fully saturated rings. The topological polar surface area (TPSA) is 25.2 Å². The van der Waals surface area contributed by atoms with Crippen LogP contribution in [0.15, 0.2) is 16.7 Å². The van der Waals surface area contributed by atoms with Crippen molar-refractivity contribution in [1.82, 2.24) is 9.47 Å². The van der Waals surface area contributed by atoms with E-state index < -0.39 is 0 Å². The Morgan fingerprint density at radius 1 is 1.40 bits per heavy atom. The fourth-order valence-electron chi connectivity index (χ4n) is 3.04. The van der Waals surface area contributed by atoms with E-state index in [0.29, 0.717) is 11.5 Å². The fraction of sp³-hybridized carbons (Fsp3) is 0.688. The van der Waals surface area contributed by atoms with Crippen LogP contribution in [0.1, 0.15) is 62.5 Å². The van der Waals surface area contributed by atoms with Gasteiger partial charge in [-0.25, -0.2) is 0 Å². The maximum Gasteiger partial charge on any atom is 0.270 e. The van der Waals surface area contributed by atoms with Gasteiger partial charge in [-0.3, -0.25) is 4.79 Å². The number of nitrogens with zero attached hydrogens (tertiary/aromatic N) is 2. The molecule has 1 aliphatic carbocycles. The first-order chi connectivity index (χ1) is 9.52. The molecule has 3 rings (SSSR count). The maximum atomic E-state index is 12.7. The van der Waals surface area contributed by atoms with E-state index in [2.05, 4.69) is 40.5 Å². The van der Waals surface area contributed by atoms with Gasteiger partial charge in [0.05, 0.1) is 0 Å². The molecule has 0 aromatic carbocycles. The summed E-state index contributed by atoms with van der Waals surface area (Å²) >= 11 is 3.51. The Kier molecular flexibility index (Phi) is 3.69. The lowest BCUT2D eigenvalue weighted by molar-refractivity contribution is 0.0589. The van der Waals surface area contributed by atoms with E-state index >= 15 is 0 Å². The third kappa shape index (κ3) is 2.67. The largest absolute Gasteiger partial charge is 0.339 e. The Morgan fingerprint density at radius 2 is 2.05 bits per heavy atom. The van der Waals surface area contributed by atoms with Gasteiger partial charge in [-0.2, -0.15) is 0 Å². The summed E-state index contributed by atoms with van der Waals surface area (Å²) in [4.78, 5) is 14.8. The van der Waals surface area contributed by atoms with Gasteiger partial charge in [0.1, 0.15) is 5.69 Å². The summed E-state index contributed by atoms with van der Waals surface area (Å²) < 4.78 is 3.18. The minimum Gasteiger partial charge on any atom is -0.339 e. The lowest BCUT2D eigenvalue weighted by Crippen LogP contribution is -2.42. The van der Waals surface area contributed by atoms with Crippen molar-refractivity contribution in [2.24, 2.45) is 5.41 Å². The summed E-state index contributed by atoms with van der Waals surface area (Å²) in [6.07, 6.45) is 7.93. The van der Waals surface area contributed by atoms with Crippen LogP contribution in [0.3, 0.4) is 0 Å². The molecule has 110 valence electrons. The quantitative estimate of drug-likeness (QED) is 0.809. The first kappa shape index (κ1) is 14.2. The summed E-state index contributed by atoms with van der Waals surface area (Å²) in [5.41, 5.74) is 1.29. The molecule has 1 aliphatic heterocycles. The first-order valence-electron chi connectivity index (χ1n) is 7.69. The van der Waals surface area contributed by atoms with E-state index in [9.17, 15) is 4.79 Å². The van der Waals surface area contributed by atoms with E-state index in [1.165, 1.54) is 19.3 Å². The standard InChI is InChI=1S/C16H23BrN2O/c1-3-16(2)6-8-18(9-7-16)15(20)14-10-12(17)11-19(14)13-4-5-13/h10-11,13H,3-9H2,1-2H3. The number of piperidine rings is 1. The lowest BCUT2D eigenvalue weighted by Gasteiger charge is -2.39. The molecule has 4 heteroatoms. The molecule has 2 heterocycles. The zero-order valence-corrected chi connectivity index (χ0v) is 13.9. The highest BCUT2D eigenvalue weighted by Crippen LogP contribution is 2.39. The first-order valence-corrected chi connectivity index (χ1v) is 8.48. The zero-order valence-electron chi connectivity index (χ0n) is 12.4. The third-order valence-electron chi connectivity index (χ3n) is 5.09. The van der Waals surface area contributed by atoms with E-state index in [1.807, 2.05) is 11.0 Å². The SMILES string of the molecule is CCC1(C)CCN(C(=O)c2cc(Br)cn2C2CC2)CC1. The van der Waals surface area contributed by atoms with Crippen molar-refractivity contribution in [3.8, 4) is 0 Å². The van der Waals surface area contributed by atoms with Gasteiger partial charge >= 0.3 is 0 Å². The van der Waals surface area contributed by atoms with Crippen LogP contribution in [0.4, 0.5) is 0 Å². The van der Waals surface area contributed by atoms with Gasteiger partial charge in [-0.05, 0) is 53.1 Å². The minimum absolute atomic E-state index is 0.209. The van der Waals surface area contributed by atoms with E-state index in [4.69, 9.17) is 0 Å². The van der Waals surface area contributed by atoms with Crippen molar-refractivity contribution in [3.05, 3.63) is 22.4 Å². The highest BCUT2D eigenvalue weighted by atomic mass is 79.9. The van der Waals surface area contributed by atoms with Crippen molar-refractivity contribution in [3.63, 3.8) is 0 Å². The normalized spacial score (nSPS) is 22.1. The molecule has 0 atom stereocenters. The number of carbonyl (C=O) groups excluding carboxylic acids is 1. The summed E-state index contributed by atoms with van der Waals surface area (Å²) in [6, 6.07) is 2.53. The molecule has 0 bridgehead atoms. The number of likely N-dealkylation sites (tertiary alicyclic amines) is 1. The molecule has 1 amide bonds. The molecule has 3 nitrogen and oxygen atoms in total. The predicted molar refractivity (Wildman–Crippen MR) is 83.9 cm³/mol. The van der Waals surface area contributed by atoms with Crippen molar-refractivity contribution >= 4 is 21.8 Å². The number of aromatic nitrogens is 1. The number of amides is 1. The van der Waals surface area contributed by atoms with E-state index in [-0.39, 0.29) is 5.91 Å². The smallest absolute Gasteiger partial charge is 0.270 e. The van der Waals surface area contributed by atoms with Crippen molar-refractivity contribution in [2.75, 3.05) is 13.1 Å². The molecule has 0 radical (unpaired) electrons. The van der Waals surface area contributed by atoms with Gasteiger partial charge in [-0.15, -0.1) is 0 Å². The summed E-state index contributed by atoms with van der Waals surface area (Å²) in [5, 5.41) is 0. The Hall–Kier alpha value is -0.770. The molecular weight excluding hydrogens is 316 g/mol. The second kappa shape index (κ2) is 5.21. The van der Waals surface area contributed by atoms with Crippen LogP contribution in [0.2, 0.25) is 0 Å². The van der Waals surface area contributed by atoms with Gasteiger partial charge in [0.2, 0.25) is 0 Å². The molecule has 1 aromatic heterocycles. The molecule has 20 heavy (non-hydrogen) atoms. The fourth-order valence-corrected chi connectivity index (χ4v) is 3.47. The summed E-state index contributed by atoms with van der Waals surface area (Å²) in [5.74, 6) is 0.209. The lowest BCUT2D eigenvalue weighted by atomic mass is 9.78. The Morgan fingerprint density at radius 3 is 2.60 bits per heavy atom. The Balaban J connectivity index is 1.74. The van der Waals surface area contributed by atoms with Gasteiger partial charge in [0, 0.05) is 29.8 Å². The molecule has 0 spiro atoms.